The number of nitrogens with one attached hydrogen (secondary N) is 1. The van der Waals surface area contributed by atoms with Gasteiger partial charge in [-0.3, -0.25) is 0 Å². The van der Waals surface area contributed by atoms with Crippen LogP contribution in [0.1, 0.15) is 0 Å². The maximum Gasteiger partial charge on any atom is 0.339 e. The molecule has 5 heteroatoms. The molecule has 0 atom stereocenters. The summed E-state index contributed by atoms with van der Waals surface area (Å²) in [5.41, 5.74) is 3.03. The Bertz CT molecular complexity index is 828. The smallest absolute Gasteiger partial charge is 0.231 e. The summed E-state index contributed by atoms with van der Waals surface area (Å²) >= 11 is 14.0. The van der Waals surface area contributed by atoms with Crippen LogP contribution in [0.15, 0.2) is 66.6 Å². The molecule has 0 saturated heterocycles. The zero-order valence-corrected chi connectivity index (χ0v) is 14.6. The molecule has 2 nitrogen and oxygen atoms in total. The van der Waals surface area contributed by atoms with E-state index < -0.39 is 0 Å². The molecule has 0 bridgehead atoms. The number of thiazole rings is 1. The zero-order chi connectivity index (χ0) is 16.2. The van der Waals surface area contributed by atoms with Crippen molar-refractivity contribution in [1.29, 1.82) is 0 Å². The van der Waals surface area contributed by atoms with E-state index in [-0.39, 0.29) is 0 Å². The molecule has 0 radical (unpaired) electrons. The topological polar surface area (TPSA) is 15.9 Å². The van der Waals surface area contributed by atoms with Crippen molar-refractivity contribution in [3.8, 4) is 11.3 Å². The van der Waals surface area contributed by atoms with Gasteiger partial charge in [0.15, 0.2) is 0 Å². The minimum absolute atomic E-state index is 0.631. The van der Waals surface area contributed by atoms with Crippen LogP contribution in [0.5, 0.6) is 0 Å². The van der Waals surface area contributed by atoms with Crippen molar-refractivity contribution in [1.82, 2.24) is 0 Å². The minimum atomic E-state index is 0.631. The Morgan fingerprint density at radius 1 is 1.13 bits per heavy atom. The van der Waals surface area contributed by atoms with Gasteiger partial charge in [0.05, 0.1) is 5.02 Å². The molecule has 0 aliphatic carbocycles. The molecule has 0 spiro atoms. The first-order chi connectivity index (χ1) is 11.2. The van der Waals surface area contributed by atoms with Gasteiger partial charge in [-0.05, 0) is 30.3 Å². The van der Waals surface area contributed by atoms with Gasteiger partial charge in [-0.25, -0.2) is 9.88 Å². The fraction of sp³-hybridized carbons (Fsp3) is 0.0556. The van der Waals surface area contributed by atoms with Crippen molar-refractivity contribution in [2.45, 2.75) is 6.54 Å². The summed E-state index contributed by atoms with van der Waals surface area (Å²) in [6.07, 6.45) is 1.87. The van der Waals surface area contributed by atoms with Gasteiger partial charge >= 0.3 is 5.13 Å². The second kappa shape index (κ2) is 7.18. The van der Waals surface area contributed by atoms with E-state index >= 15 is 0 Å². The Hall–Kier alpha value is -1.81. The van der Waals surface area contributed by atoms with Crippen LogP contribution >= 0.6 is 34.5 Å². The van der Waals surface area contributed by atoms with Crippen LogP contribution in [0.2, 0.25) is 10.0 Å². The van der Waals surface area contributed by atoms with Crippen molar-refractivity contribution in [2.24, 2.45) is 0 Å². The minimum Gasteiger partial charge on any atom is -0.231 e. The van der Waals surface area contributed by atoms with Crippen LogP contribution in [0.25, 0.3) is 11.3 Å². The number of benzene rings is 2. The van der Waals surface area contributed by atoms with Crippen LogP contribution < -0.4 is 9.88 Å². The molecule has 2 aromatic carbocycles. The Morgan fingerprint density at radius 3 is 2.61 bits per heavy atom. The Kier molecular flexibility index (Phi) is 5.01. The van der Waals surface area contributed by atoms with E-state index in [4.69, 9.17) is 23.2 Å². The monoisotopic (exact) mass is 361 g/mol. The molecule has 1 aromatic heterocycles. The lowest BCUT2D eigenvalue weighted by atomic mass is 10.1. The van der Waals surface area contributed by atoms with Gasteiger partial charge in [-0.1, -0.05) is 65.4 Å². The Morgan fingerprint density at radius 2 is 1.91 bits per heavy atom. The van der Waals surface area contributed by atoms with Crippen LogP contribution in [0.4, 0.5) is 10.8 Å². The second-order valence-electron chi connectivity index (χ2n) is 4.94. The van der Waals surface area contributed by atoms with E-state index in [1.54, 1.807) is 17.4 Å². The third-order valence-electron chi connectivity index (χ3n) is 3.36. The van der Waals surface area contributed by atoms with E-state index in [0.29, 0.717) is 16.6 Å². The maximum absolute atomic E-state index is 6.37. The highest BCUT2D eigenvalue weighted by molar-refractivity contribution is 7.13. The lowest BCUT2D eigenvalue weighted by Gasteiger charge is -2.06. The second-order valence-corrected chi connectivity index (χ2v) is 6.64. The summed E-state index contributed by atoms with van der Waals surface area (Å²) in [6, 6.07) is 15.6. The maximum atomic E-state index is 6.37. The molecule has 23 heavy (non-hydrogen) atoms. The summed E-state index contributed by atoms with van der Waals surface area (Å²) in [6.45, 7) is 4.54. The summed E-state index contributed by atoms with van der Waals surface area (Å²) in [5.74, 6) is 0. The first kappa shape index (κ1) is 16.1. The molecule has 1 heterocycles. The highest BCUT2D eigenvalue weighted by atomic mass is 35.5. The summed E-state index contributed by atoms with van der Waals surface area (Å²) in [4.78, 5) is 0. The highest BCUT2D eigenvalue weighted by Crippen LogP contribution is 2.32. The number of halogens is 2. The number of hydrogen-bond acceptors (Lipinski definition) is 2. The number of hydrogen-bond donors (Lipinski definition) is 1. The van der Waals surface area contributed by atoms with Crippen molar-refractivity contribution in [3.05, 3.63) is 76.6 Å². The van der Waals surface area contributed by atoms with Gasteiger partial charge in [0.25, 0.3) is 0 Å². The van der Waals surface area contributed by atoms with Crippen LogP contribution in [-0.4, -0.2) is 0 Å². The standard InChI is InChI=1S/C18H14Cl2N2S/c1-2-10-22-17(15-9-8-13(19)11-16(15)20)12-23-18(22)21-14-6-4-3-5-7-14/h2-9,11-12H,1,10H2/p+1. The first-order valence-corrected chi connectivity index (χ1v) is 8.72. The summed E-state index contributed by atoms with van der Waals surface area (Å²) < 4.78 is 2.15. The van der Waals surface area contributed by atoms with Crippen molar-refractivity contribution >= 4 is 45.4 Å². The number of aromatic nitrogens is 1. The van der Waals surface area contributed by atoms with Gasteiger partial charge in [0, 0.05) is 16.0 Å². The molecule has 0 saturated carbocycles. The third-order valence-corrected chi connectivity index (χ3v) is 4.80. The van der Waals surface area contributed by atoms with Crippen LogP contribution in [0.3, 0.4) is 0 Å². The lowest BCUT2D eigenvalue weighted by molar-refractivity contribution is -0.657. The SMILES string of the molecule is C=CC[n+]1c(-c2ccc(Cl)cc2Cl)csc1Nc1ccccc1. The van der Waals surface area contributed by atoms with E-state index in [1.165, 1.54) is 0 Å². The Balaban J connectivity index is 2.03. The molecule has 1 N–H and O–H groups in total. The van der Waals surface area contributed by atoms with E-state index in [2.05, 4.69) is 21.8 Å². The molecule has 3 aromatic rings. The first-order valence-electron chi connectivity index (χ1n) is 7.09. The average Bonchev–Trinajstić information content (AvgIpc) is 2.92. The van der Waals surface area contributed by atoms with Crippen molar-refractivity contribution in [3.63, 3.8) is 0 Å². The van der Waals surface area contributed by atoms with Gasteiger partial charge in [0.1, 0.15) is 17.9 Å². The molecular formula is C18H15Cl2N2S+. The summed E-state index contributed by atoms with van der Waals surface area (Å²) in [5, 5.41) is 7.82. The number of allylic oxidation sites excluding steroid dienone is 1. The normalized spacial score (nSPS) is 10.5. The van der Waals surface area contributed by atoms with E-state index in [1.807, 2.05) is 48.5 Å². The molecule has 0 fully saturated rings. The number of nitrogens with zero attached hydrogens (tertiary/aromatic N) is 1. The predicted octanol–water partition coefficient (Wildman–Crippen LogP) is 5.94. The average molecular weight is 362 g/mol. The molecule has 0 aliphatic heterocycles. The molecule has 0 aliphatic rings. The zero-order valence-electron chi connectivity index (χ0n) is 12.3. The summed E-state index contributed by atoms with van der Waals surface area (Å²) in [7, 11) is 0. The number of rotatable bonds is 5. The fourth-order valence-corrected chi connectivity index (χ4v) is 3.77. The van der Waals surface area contributed by atoms with Crippen molar-refractivity contribution < 1.29 is 4.57 Å². The third kappa shape index (κ3) is 3.58. The highest BCUT2D eigenvalue weighted by Gasteiger charge is 2.20. The predicted molar refractivity (Wildman–Crippen MR) is 99.9 cm³/mol. The molecule has 0 amide bonds. The van der Waals surface area contributed by atoms with Gasteiger partial charge in [-0.2, -0.15) is 0 Å². The fourth-order valence-electron chi connectivity index (χ4n) is 2.31. The molecule has 0 unspecified atom stereocenters. The van der Waals surface area contributed by atoms with E-state index in [0.717, 1.165) is 22.1 Å². The van der Waals surface area contributed by atoms with E-state index in [9.17, 15) is 0 Å². The molecule has 116 valence electrons. The van der Waals surface area contributed by atoms with Gasteiger partial charge in [-0.15, -0.1) is 0 Å². The number of anilines is 2. The van der Waals surface area contributed by atoms with Crippen molar-refractivity contribution in [2.75, 3.05) is 5.32 Å². The molecule has 3 rings (SSSR count). The largest absolute Gasteiger partial charge is 0.339 e. The molecular weight excluding hydrogens is 347 g/mol. The Labute approximate surface area is 149 Å². The van der Waals surface area contributed by atoms with Crippen LogP contribution in [-0.2, 0) is 6.54 Å². The number of para-hydroxylation sites is 1. The van der Waals surface area contributed by atoms with Gasteiger partial charge in [0.2, 0.25) is 0 Å². The van der Waals surface area contributed by atoms with Crippen LogP contribution in [0, 0.1) is 0 Å². The van der Waals surface area contributed by atoms with Gasteiger partial charge < -0.3 is 0 Å². The quantitative estimate of drug-likeness (QED) is 0.439. The lowest BCUT2D eigenvalue weighted by Crippen LogP contribution is -2.35.